The fourth-order valence-electron chi connectivity index (χ4n) is 5.43. The molecule has 4 nitrogen and oxygen atoms in total. The average molecular weight is 500 g/mol. The number of hydrogen-bond donors (Lipinski definition) is 0. The summed E-state index contributed by atoms with van der Waals surface area (Å²) in [7, 11) is 0. The smallest absolute Gasteiger partial charge is 0.227 e. The highest BCUT2D eigenvalue weighted by Crippen LogP contribution is 2.38. The fourth-order valence-corrected chi connectivity index (χ4v) is 5.43. The molecule has 0 aliphatic rings. The Hall–Kier alpha value is -5.35. The summed E-state index contributed by atoms with van der Waals surface area (Å²) in [4.78, 5) is 14.9. The van der Waals surface area contributed by atoms with Crippen LogP contribution in [0.3, 0.4) is 0 Å². The molecule has 4 heteroatoms. The Kier molecular flexibility index (Phi) is 4.79. The van der Waals surface area contributed by atoms with Gasteiger partial charge in [-0.25, -0.2) is 15.0 Å². The summed E-state index contributed by atoms with van der Waals surface area (Å²) in [5, 5.41) is 5.84. The molecule has 0 atom stereocenters. The van der Waals surface area contributed by atoms with Crippen molar-refractivity contribution in [3.63, 3.8) is 0 Å². The van der Waals surface area contributed by atoms with Crippen molar-refractivity contribution in [3.8, 4) is 34.1 Å². The number of oxazole rings is 1. The molecule has 0 N–H and O–H groups in total. The van der Waals surface area contributed by atoms with Crippen LogP contribution in [0.2, 0.25) is 0 Å². The summed E-state index contributed by atoms with van der Waals surface area (Å²) in [6.45, 7) is 0. The van der Waals surface area contributed by atoms with Gasteiger partial charge >= 0.3 is 0 Å². The van der Waals surface area contributed by atoms with E-state index in [2.05, 4.69) is 66.7 Å². The Morgan fingerprint density at radius 1 is 0.462 bits per heavy atom. The van der Waals surface area contributed by atoms with Gasteiger partial charge < -0.3 is 4.42 Å². The van der Waals surface area contributed by atoms with Crippen LogP contribution in [0.1, 0.15) is 0 Å². The van der Waals surface area contributed by atoms with Crippen LogP contribution in [-0.4, -0.2) is 15.0 Å². The van der Waals surface area contributed by atoms with Crippen molar-refractivity contribution in [2.75, 3.05) is 0 Å². The van der Waals surface area contributed by atoms with Crippen LogP contribution in [0, 0.1) is 0 Å². The molecule has 0 amide bonds. The largest absolute Gasteiger partial charge is 0.436 e. The zero-order chi connectivity index (χ0) is 25.8. The van der Waals surface area contributed by atoms with E-state index >= 15 is 0 Å². The summed E-state index contributed by atoms with van der Waals surface area (Å²) in [6, 6.07) is 43.5. The van der Waals surface area contributed by atoms with Gasteiger partial charge in [-0.2, -0.15) is 0 Å². The number of hydrogen-bond acceptors (Lipinski definition) is 4. The van der Waals surface area contributed by atoms with Crippen molar-refractivity contribution < 1.29 is 4.42 Å². The lowest BCUT2D eigenvalue weighted by molar-refractivity contribution is 0.620. The number of fused-ring (bicyclic) bond motifs is 5. The second-order valence-electron chi connectivity index (χ2n) is 9.67. The minimum atomic E-state index is 0.602. The van der Waals surface area contributed by atoms with Gasteiger partial charge in [-0.1, -0.05) is 84.9 Å². The van der Waals surface area contributed by atoms with Crippen molar-refractivity contribution in [2.45, 2.75) is 0 Å². The van der Waals surface area contributed by atoms with Crippen LogP contribution in [0.15, 0.2) is 132 Å². The van der Waals surface area contributed by atoms with Gasteiger partial charge in [0.2, 0.25) is 5.89 Å². The molecule has 0 aliphatic heterocycles. The molecule has 8 rings (SSSR count). The van der Waals surface area contributed by atoms with E-state index in [1.807, 2.05) is 60.7 Å². The lowest BCUT2D eigenvalue weighted by Gasteiger charge is -2.13. The van der Waals surface area contributed by atoms with Crippen molar-refractivity contribution in [1.82, 2.24) is 15.0 Å². The van der Waals surface area contributed by atoms with Crippen molar-refractivity contribution in [3.05, 3.63) is 127 Å². The standard InChI is InChI=1S/C35H21N3O/c1-2-10-22(11-3-1)35-37-31-21-24(18-19-32(31)39-35)34-36-30-17-9-8-16-28(30)33(38-34)29-20-23-12-4-5-13-25(23)26-14-6-7-15-27(26)29/h1-21H. The van der Waals surface area contributed by atoms with E-state index in [1.165, 1.54) is 21.5 Å². The molecule has 0 saturated heterocycles. The van der Waals surface area contributed by atoms with Crippen LogP contribution < -0.4 is 0 Å². The first-order chi connectivity index (χ1) is 19.3. The molecule has 2 heterocycles. The number of nitrogens with zero attached hydrogens (tertiary/aromatic N) is 3. The molecule has 0 radical (unpaired) electrons. The molecule has 182 valence electrons. The minimum absolute atomic E-state index is 0.602. The van der Waals surface area contributed by atoms with Crippen molar-refractivity contribution in [2.24, 2.45) is 0 Å². The van der Waals surface area contributed by atoms with E-state index in [9.17, 15) is 0 Å². The molecule has 6 aromatic carbocycles. The summed E-state index contributed by atoms with van der Waals surface area (Å²) in [6.07, 6.45) is 0. The quantitative estimate of drug-likeness (QED) is 0.228. The van der Waals surface area contributed by atoms with Crippen molar-refractivity contribution >= 4 is 43.5 Å². The van der Waals surface area contributed by atoms with Gasteiger partial charge in [0.05, 0.1) is 11.2 Å². The van der Waals surface area contributed by atoms with E-state index in [0.717, 1.165) is 44.4 Å². The first kappa shape index (κ1) is 21.7. The zero-order valence-electron chi connectivity index (χ0n) is 20.9. The number of para-hydroxylation sites is 1. The number of rotatable bonds is 3. The summed E-state index contributed by atoms with van der Waals surface area (Å²) < 4.78 is 6.05. The van der Waals surface area contributed by atoms with Gasteiger partial charge in [-0.15, -0.1) is 0 Å². The van der Waals surface area contributed by atoms with E-state index < -0.39 is 0 Å². The van der Waals surface area contributed by atoms with Gasteiger partial charge in [0.25, 0.3) is 0 Å². The Morgan fingerprint density at radius 2 is 1.18 bits per heavy atom. The van der Waals surface area contributed by atoms with E-state index in [-0.39, 0.29) is 0 Å². The third kappa shape index (κ3) is 3.57. The Labute approximate surface area is 224 Å². The first-order valence-corrected chi connectivity index (χ1v) is 13.0. The zero-order valence-corrected chi connectivity index (χ0v) is 20.9. The summed E-state index contributed by atoms with van der Waals surface area (Å²) >= 11 is 0. The molecule has 0 saturated carbocycles. The van der Waals surface area contributed by atoms with Gasteiger partial charge in [-0.3, -0.25) is 0 Å². The van der Waals surface area contributed by atoms with E-state index in [1.54, 1.807) is 0 Å². The SMILES string of the molecule is c1ccc(-c2nc3cc(-c4nc(-c5cc6ccccc6c6ccccc56)c5ccccc5n4)ccc3o2)cc1. The van der Waals surface area contributed by atoms with Crippen molar-refractivity contribution in [1.29, 1.82) is 0 Å². The highest BCUT2D eigenvalue weighted by atomic mass is 16.3. The van der Waals surface area contributed by atoms with Crippen LogP contribution in [0.25, 0.3) is 77.6 Å². The molecule has 0 unspecified atom stereocenters. The monoisotopic (exact) mass is 499 g/mol. The van der Waals surface area contributed by atoms with Crippen LogP contribution in [-0.2, 0) is 0 Å². The van der Waals surface area contributed by atoms with Gasteiger partial charge in [0.15, 0.2) is 11.4 Å². The molecule has 0 aliphatic carbocycles. The number of aromatic nitrogens is 3. The maximum Gasteiger partial charge on any atom is 0.227 e. The lowest BCUT2D eigenvalue weighted by atomic mass is 9.94. The predicted octanol–water partition coefficient (Wildman–Crippen LogP) is 9.08. The maximum absolute atomic E-state index is 6.05. The van der Waals surface area contributed by atoms with E-state index in [4.69, 9.17) is 19.4 Å². The molecule has 0 fully saturated rings. The Bertz CT molecular complexity index is 2180. The topological polar surface area (TPSA) is 51.8 Å². The van der Waals surface area contributed by atoms with Gasteiger partial charge in [0.1, 0.15) is 5.52 Å². The molecule has 39 heavy (non-hydrogen) atoms. The Morgan fingerprint density at radius 3 is 2.05 bits per heavy atom. The third-order valence-corrected chi connectivity index (χ3v) is 7.29. The maximum atomic E-state index is 6.05. The Balaban J connectivity index is 1.36. The number of benzene rings is 6. The second kappa shape index (κ2) is 8.61. The second-order valence-corrected chi connectivity index (χ2v) is 9.67. The molecule has 0 spiro atoms. The highest BCUT2D eigenvalue weighted by molar-refractivity contribution is 6.15. The molecule has 0 bridgehead atoms. The molecular formula is C35H21N3O. The van der Waals surface area contributed by atoms with E-state index in [0.29, 0.717) is 11.7 Å². The lowest BCUT2D eigenvalue weighted by Crippen LogP contribution is -1.96. The molecule has 2 aromatic heterocycles. The fraction of sp³-hybridized carbons (Fsp3) is 0. The van der Waals surface area contributed by atoms with Crippen LogP contribution >= 0.6 is 0 Å². The van der Waals surface area contributed by atoms with Gasteiger partial charge in [0, 0.05) is 22.1 Å². The predicted molar refractivity (Wildman–Crippen MR) is 158 cm³/mol. The van der Waals surface area contributed by atoms with Crippen LogP contribution in [0.4, 0.5) is 0 Å². The molecular weight excluding hydrogens is 478 g/mol. The van der Waals surface area contributed by atoms with Gasteiger partial charge in [-0.05, 0) is 64.0 Å². The van der Waals surface area contributed by atoms with Crippen LogP contribution in [0.5, 0.6) is 0 Å². The molecule has 8 aromatic rings. The normalized spacial score (nSPS) is 11.6. The summed E-state index contributed by atoms with van der Waals surface area (Å²) in [5.41, 5.74) is 6.27. The minimum Gasteiger partial charge on any atom is -0.436 e. The highest BCUT2D eigenvalue weighted by Gasteiger charge is 2.16. The summed E-state index contributed by atoms with van der Waals surface area (Å²) in [5.74, 6) is 1.26. The third-order valence-electron chi connectivity index (χ3n) is 7.29. The first-order valence-electron chi connectivity index (χ1n) is 13.0. The average Bonchev–Trinajstić information content (AvgIpc) is 3.44.